The molecule has 4 atom stereocenters. The van der Waals surface area contributed by atoms with Crippen LogP contribution in [0.25, 0.3) is 11.2 Å². The number of anilines is 1. The third-order valence-corrected chi connectivity index (χ3v) is 5.67. The molecule has 12 nitrogen and oxygen atoms in total. The minimum atomic E-state index is -1.11. The van der Waals surface area contributed by atoms with Crippen molar-refractivity contribution in [2.75, 3.05) is 46.0 Å². The molecule has 3 aromatic heterocycles. The van der Waals surface area contributed by atoms with Crippen LogP contribution in [0.1, 0.15) is 11.9 Å². The lowest BCUT2D eigenvalue weighted by molar-refractivity contribution is -0.0424. The number of imidazole rings is 2. The Kier molecular flexibility index (Phi) is 6.43. The minimum Gasteiger partial charge on any atom is -0.387 e. The lowest BCUT2D eigenvalue weighted by Crippen LogP contribution is -2.41. The number of aromatic nitrogens is 6. The van der Waals surface area contributed by atoms with Gasteiger partial charge in [0.1, 0.15) is 30.2 Å². The van der Waals surface area contributed by atoms with E-state index in [1.165, 1.54) is 12.7 Å². The number of nitrogens with two attached hydrogens (primary N) is 1. The first-order valence-corrected chi connectivity index (χ1v) is 10.2. The van der Waals surface area contributed by atoms with Crippen molar-refractivity contribution in [2.24, 2.45) is 0 Å². The summed E-state index contributed by atoms with van der Waals surface area (Å²) in [7, 11) is 4.04. The molecule has 1 aliphatic heterocycles. The van der Waals surface area contributed by atoms with Crippen molar-refractivity contribution in [1.29, 1.82) is 0 Å². The highest BCUT2D eigenvalue weighted by atomic mass is 16.6. The van der Waals surface area contributed by atoms with Gasteiger partial charge in [-0.3, -0.25) is 4.57 Å². The maximum atomic E-state index is 10.6. The molecule has 1 aliphatic rings. The zero-order valence-corrected chi connectivity index (χ0v) is 17.7. The van der Waals surface area contributed by atoms with Gasteiger partial charge in [-0.25, -0.2) is 19.9 Å². The Balaban J connectivity index is 1.31. The summed E-state index contributed by atoms with van der Waals surface area (Å²) in [6, 6.07) is 0. The Hall–Kier alpha value is -2.64. The van der Waals surface area contributed by atoms with Crippen LogP contribution in [-0.2, 0) is 11.2 Å². The van der Waals surface area contributed by atoms with Gasteiger partial charge in [0.2, 0.25) is 0 Å². The first-order chi connectivity index (χ1) is 14.9. The fourth-order valence-corrected chi connectivity index (χ4v) is 3.75. The molecule has 0 spiro atoms. The lowest BCUT2D eigenvalue weighted by Gasteiger charge is -2.25. The summed E-state index contributed by atoms with van der Waals surface area (Å²) in [6.07, 6.45) is 3.79. The second kappa shape index (κ2) is 9.24. The van der Waals surface area contributed by atoms with Gasteiger partial charge in [-0.1, -0.05) is 0 Å². The smallest absolute Gasteiger partial charge is 0.167 e. The molecule has 168 valence electrons. The number of aliphatic hydroxyl groups excluding tert-OH is 2. The molecule has 5 N–H and O–H groups in total. The van der Waals surface area contributed by atoms with E-state index in [1.54, 1.807) is 10.9 Å². The van der Waals surface area contributed by atoms with Crippen molar-refractivity contribution >= 4 is 17.0 Å². The first-order valence-electron chi connectivity index (χ1n) is 10.2. The average molecular weight is 432 g/mol. The van der Waals surface area contributed by atoms with E-state index in [9.17, 15) is 10.2 Å². The van der Waals surface area contributed by atoms with Crippen molar-refractivity contribution < 1.29 is 14.9 Å². The van der Waals surface area contributed by atoms with Gasteiger partial charge in [-0.2, -0.15) is 0 Å². The molecule has 4 heterocycles. The van der Waals surface area contributed by atoms with Crippen molar-refractivity contribution in [3.63, 3.8) is 0 Å². The number of likely N-dealkylation sites (N-methyl/N-ethyl adjacent to an activating group) is 2. The van der Waals surface area contributed by atoms with E-state index < -0.39 is 24.5 Å². The highest BCUT2D eigenvalue weighted by Crippen LogP contribution is 2.32. The molecular formula is C19H29N9O3. The largest absolute Gasteiger partial charge is 0.387 e. The standard InChI is InChI=1S/C19H29N9O3/c1-26(4-3-12-7-21-9-22-12)5-6-27(2)8-13-15(29)16(30)19(31-13)28-11-25-14-17(20)23-10-24-18(14)28/h7,9-11,13,15-16,19,29-30H,3-6,8H2,1-2H3,(H,21,22)(H2,20,23,24)/t13-,15-,16-,19-/m1/s1. The van der Waals surface area contributed by atoms with Crippen LogP contribution in [0.5, 0.6) is 0 Å². The SMILES string of the molecule is CN(CCc1cnc[nH]1)CCN(C)C[C@H]1O[C@@H](n2cnc3c(N)ncnc32)[C@H](O)[C@@H]1O. The fourth-order valence-electron chi connectivity index (χ4n) is 3.75. The van der Waals surface area contributed by atoms with E-state index in [1.807, 2.05) is 13.2 Å². The predicted octanol–water partition coefficient (Wildman–Crippen LogP) is -1.14. The number of aromatic amines is 1. The van der Waals surface area contributed by atoms with Gasteiger partial charge in [0, 0.05) is 44.5 Å². The Morgan fingerprint density at radius 2 is 1.94 bits per heavy atom. The molecule has 0 amide bonds. The Bertz CT molecular complexity index is 979. The highest BCUT2D eigenvalue weighted by molar-refractivity contribution is 5.81. The number of aliphatic hydroxyl groups is 2. The molecule has 0 aliphatic carbocycles. The summed E-state index contributed by atoms with van der Waals surface area (Å²) in [5.74, 6) is 0.254. The first kappa shape index (κ1) is 21.6. The van der Waals surface area contributed by atoms with Crippen LogP contribution in [0.2, 0.25) is 0 Å². The van der Waals surface area contributed by atoms with E-state index in [4.69, 9.17) is 10.5 Å². The average Bonchev–Trinajstić information content (AvgIpc) is 3.48. The van der Waals surface area contributed by atoms with Gasteiger partial charge in [-0.15, -0.1) is 0 Å². The van der Waals surface area contributed by atoms with E-state index in [0.29, 0.717) is 17.7 Å². The maximum absolute atomic E-state index is 10.6. The molecule has 4 rings (SSSR count). The Morgan fingerprint density at radius 1 is 1.13 bits per heavy atom. The van der Waals surface area contributed by atoms with Crippen LogP contribution in [0.3, 0.4) is 0 Å². The molecule has 3 aromatic rings. The number of hydrogen-bond acceptors (Lipinski definition) is 10. The van der Waals surface area contributed by atoms with Crippen molar-refractivity contribution in [2.45, 2.75) is 31.0 Å². The van der Waals surface area contributed by atoms with Gasteiger partial charge < -0.3 is 35.5 Å². The molecule has 0 unspecified atom stereocenters. The fraction of sp³-hybridized carbons (Fsp3) is 0.579. The van der Waals surface area contributed by atoms with Crippen LogP contribution in [0.4, 0.5) is 5.82 Å². The summed E-state index contributed by atoms with van der Waals surface area (Å²) in [4.78, 5) is 23.8. The molecule has 0 radical (unpaired) electrons. The second-order valence-electron chi connectivity index (χ2n) is 8.02. The molecule has 1 fully saturated rings. The van der Waals surface area contributed by atoms with Crippen LogP contribution in [-0.4, -0.2) is 108 Å². The van der Waals surface area contributed by atoms with E-state index in [0.717, 1.165) is 31.7 Å². The monoisotopic (exact) mass is 431 g/mol. The van der Waals surface area contributed by atoms with Gasteiger partial charge >= 0.3 is 0 Å². The molecule has 0 saturated carbocycles. The third-order valence-electron chi connectivity index (χ3n) is 5.67. The number of nitrogens with zero attached hydrogens (tertiary/aromatic N) is 7. The summed E-state index contributed by atoms with van der Waals surface area (Å²) in [6.45, 7) is 3.05. The molecule has 0 aromatic carbocycles. The van der Waals surface area contributed by atoms with E-state index in [-0.39, 0.29) is 5.82 Å². The number of hydrogen-bond donors (Lipinski definition) is 4. The quantitative estimate of drug-likeness (QED) is 0.327. The molecule has 12 heteroatoms. The lowest BCUT2D eigenvalue weighted by atomic mass is 10.1. The van der Waals surface area contributed by atoms with E-state index in [2.05, 4.69) is 41.8 Å². The molecule has 1 saturated heterocycles. The summed E-state index contributed by atoms with van der Waals surface area (Å²) in [5, 5.41) is 21.1. The summed E-state index contributed by atoms with van der Waals surface area (Å²) >= 11 is 0. The number of nitrogens with one attached hydrogen (secondary N) is 1. The third kappa shape index (κ3) is 4.67. The molecule has 31 heavy (non-hydrogen) atoms. The second-order valence-corrected chi connectivity index (χ2v) is 8.02. The van der Waals surface area contributed by atoms with Gasteiger partial charge in [0.05, 0.1) is 12.7 Å². The van der Waals surface area contributed by atoms with Crippen molar-refractivity contribution in [3.05, 3.63) is 30.9 Å². The van der Waals surface area contributed by atoms with Crippen LogP contribution in [0.15, 0.2) is 25.2 Å². The summed E-state index contributed by atoms with van der Waals surface area (Å²) < 4.78 is 7.60. The minimum absolute atomic E-state index is 0.254. The number of fused-ring (bicyclic) bond motifs is 1. The number of H-pyrrole nitrogens is 1. The number of ether oxygens (including phenoxy) is 1. The topological polar surface area (TPSA) is 154 Å². The molecule has 0 bridgehead atoms. The van der Waals surface area contributed by atoms with Crippen LogP contribution < -0.4 is 5.73 Å². The van der Waals surface area contributed by atoms with Crippen molar-refractivity contribution in [1.82, 2.24) is 39.3 Å². The zero-order valence-electron chi connectivity index (χ0n) is 17.7. The van der Waals surface area contributed by atoms with E-state index >= 15 is 0 Å². The Morgan fingerprint density at radius 3 is 2.71 bits per heavy atom. The van der Waals surface area contributed by atoms with Crippen LogP contribution >= 0.6 is 0 Å². The number of nitrogen functional groups attached to an aromatic ring is 1. The number of rotatable bonds is 9. The van der Waals surface area contributed by atoms with Gasteiger partial charge in [0.15, 0.2) is 17.7 Å². The van der Waals surface area contributed by atoms with Crippen molar-refractivity contribution in [3.8, 4) is 0 Å². The zero-order chi connectivity index (χ0) is 22.0. The highest BCUT2D eigenvalue weighted by Gasteiger charge is 2.44. The maximum Gasteiger partial charge on any atom is 0.167 e. The summed E-state index contributed by atoms with van der Waals surface area (Å²) in [5.41, 5.74) is 7.84. The van der Waals surface area contributed by atoms with Gasteiger partial charge in [0.25, 0.3) is 0 Å². The molecular weight excluding hydrogens is 402 g/mol. The Labute approximate surface area is 179 Å². The normalized spacial score (nSPS) is 24.1. The predicted molar refractivity (Wildman–Crippen MR) is 113 cm³/mol. The van der Waals surface area contributed by atoms with Gasteiger partial charge in [-0.05, 0) is 14.1 Å². The van der Waals surface area contributed by atoms with Crippen LogP contribution in [0, 0.1) is 0 Å².